The van der Waals surface area contributed by atoms with Gasteiger partial charge in [-0.3, -0.25) is 0 Å². The number of halogens is 4. The van der Waals surface area contributed by atoms with Gasteiger partial charge in [0.1, 0.15) is 11.6 Å². The van der Waals surface area contributed by atoms with Crippen LogP contribution in [0, 0.1) is 12.7 Å². The third kappa shape index (κ3) is 4.52. The average Bonchev–Trinajstić information content (AvgIpc) is 3.40. The second kappa shape index (κ2) is 8.57. The van der Waals surface area contributed by atoms with Crippen molar-refractivity contribution in [3.05, 3.63) is 66.0 Å². The van der Waals surface area contributed by atoms with Gasteiger partial charge in [0.15, 0.2) is 5.82 Å². The smallest absolute Gasteiger partial charge is 0.416 e. The zero-order valence-corrected chi connectivity index (χ0v) is 18.0. The van der Waals surface area contributed by atoms with Crippen molar-refractivity contribution in [3.8, 4) is 22.8 Å². The number of nitrogens with zero attached hydrogens (tertiary/aromatic N) is 5. The lowest BCUT2D eigenvalue weighted by Crippen LogP contribution is -2.08. The fraction of sp³-hybridized carbons (Fsp3) is 0.227. The Labute approximate surface area is 186 Å². The monoisotopic (exact) mass is 460 g/mol. The standard InChI is InChI=1S/C22H20F4N6O/c1-4-32-21(28-17-10-15(22(24,25)26)6-7-16(17)23)29-20(30-32)14-5-8-18(19(9-14)33-3)31-11-13(2)27-12-31/h5-12H,4H2,1-3H3,(H,28,29,30). The van der Waals surface area contributed by atoms with E-state index >= 15 is 0 Å². The zero-order valence-electron chi connectivity index (χ0n) is 18.0. The van der Waals surface area contributed by atoms with Crippen molar-refractivity contribution in [3.63, 3.8) is 0 Å². The van der Waals surface area contributed by atoms with Gasteiger partial charge < -0.3 is 14.6 Å². The number of rotatable bonds is 6. The summed E-state index contributed by atoms with van der Waals surface area (Å²) in [7, 11) is 1.54. The van der Waals surface area contributed by atoms with Crippen molar-refractivity contribution in [2.75, 3.05) is 12.4 Å². The first-order chi connectivity index (χ1) is 15.7. The Kier molecular flexibility index (Phi) is 5.79. The molecule has 0 radical (unpaired) electrons. The van der Waals surface area contributed by atoms with Crippen LogP contribution in [0.15, 0.2) is 48.9 Å². The molecule has 0 amide bonds. The largest absolute Gasteiger partial charge is 0.495 e. The molecule has 172 valence electrons. The van der Waals surface area contributed by atoms with Crippen molar-refractivity contribution in [2.45, 2.75) is 26.6 Å². The third-order valence-electron chi connectivity index (χ3n) is 4.94. The molecule has 0 atom stereocenters. The Morgan fingerprint density at radius 1 is 1.12 bits per heavy atom. The summed E-state index contributed by atoms with van der Waals surface area (Å²) in [5.74, 6) is 0.130. The van der Waals surface area contributed by atoms with E-state index in [-0.39, 0.29) is 11.6 Å². The average molecular weight is 460 g/mol. The first-order valence-corrected chi connectivity index (χ1v) is 9.97. The highest BCUT2D eigenvalue weighted by atomic mass is 19.4. The lowest BCUT2D eigenvalue weighted by Gasteiger charge is -2.11. The topological polar surface area (TPSA) is 69.8 Å². The van der Waals surface area contributed by atoms with Crippen LogP contribution in [0.4, 0.5) is 29.2 Å². The van der Waals surface area contributed by atoms with Crippen molar-refractivity contribution in [1.82, 2.24) is 24.3 Å². The van der Waals surface area contributed by atoms with Gasteiger partial charge in [0.25, 0.3) is 0 Å². The van der Waals surface area contributed by atoms with Gasteiger partial charge in [-0.25, -0.2) is 14.1 Å². The summed E-state index contributed by atoms with van der Waals surface area (Å²) in [6.07, 6.45) is -1.07. The fourth-order valence-corrected chi connectivity index (χ4v) is 3.28. The lowest BCUT2D eigenvalue weighted by molar-refractivity contribution is -0.137. The van der Waals surface area contributed by atoms with Crippen LogP contribution in [0.5, 0.6) is 5.75 Å². The molecule has 0 spiro atoms. The van der Waals surface area contributed by atoms with Gasteiger partial charge in [-0.1, -0.05) is 0 Å². The molecule has 0 unspecified atom stereocenters. The van der Waals surface area contributed by atoms with Crippen LogP contribution >= 0.6 is 0 Å². The highest BCUT2D eigenvalue weighted by Crippen LogP contribution is 2.33. The Bertz CT molecular complexity index is 1290. The van der Waals surface area contributed by atoms with Crippen LogP contribution in [0.2, 0.25) is 0 Å². The van der Waals surface area contributed by atoms with Crippen molar-refractivity contribution in [1.29, 1.82) is 0 Å². The number of aryl methyl sites for hydroxylation is 2. The van der Waals surface area contributed by atoms with E-state index < -0.39 is 17.6 Å². The molecule has 33 heavy (non-hydrogen) atoms. The molecule has 2 aromatic carbocycles. The maximum atomic E-state index is 14.2. The predicted molar refractivity (Wildman–Crippen MR) is 114 cm³/mol. The third-order valence-corrected chi connectivity index (χ3v) is 4.94. The van der Waals surface area contributed by atoms with E-state index in [1.165, 1.54) is 11.8 Å². The SMILES string of the molecule is CCn1nc(-c2ccc(-n3cnc(C)c3)c(OC)c2)nc1Nc1cc(C(F)(F)F)ccc1F. The molecule has 4 rings (SSSR count). The molecule has 0 fully saturated rings. The number of hydrogen-bond donors (Lipinski definition) is 1. The molecule has 0 saturated carbocycles. The molecule has 4 aromatic rings. The number of anilines is 2. The molecular weight excluding hydrogens is 440 g/mol. The lowest BCUT2D eigenvalue weighted by atomic mass is 10.1. The fourth-order valence-electron chi connectivity index (χ4n) is 3.28. The first kappa shape index (κ1) is 22.3. The summed E-state index contributed by atoms with van der Waals surface area (Å²) in [5, 5.41) is 7.04. The van der Waals surface area contributed by atoms with Crippen LogP contribution in [-0.2, 0) is 12.7 Å². The molecule has 7 nitrogen and oxygen atoms in total. The van der Waals surface area contributed by atoms with Crippen LogP contribution in [0.1, 0.15) is 18.2 Å². The van der Waals surface area contributed by atoms with Gasteiger partial charge in [-0.15, -0.1) is 5.10 Å². The van der Waals surface area contributed by atoms with Crippen molar-refractivity contribution in [2.24, 2.45) is 0 Å². The molecule has 1 N–H and O–H groups in total. The van der Waals surface area contributed by atoms with E-state index in [0.29, 0.717) is 35.8 Å². The molecule has 0 bridgehead atoms. The number of methoxy groups -OCH3 is 1. The first-order valence-electron chi connectivity index (χ1n) is 9.97. The van der Waals surface area contributed by atoms with Crippen molar-refractivity contribution >= 4 is 11.6 Å². The number of nitrogens with one attached hydrogen (secondary N) is 1. The number of aromatic nitrogens is 5. The van der Waals surface area contributed by atoms with E-state index in [9.17, 15) is 17.6 Å². The van der Waals surface area contributed by atoms with Gasteiger partial charge in [0.05, 0.1) is 36.1 Å². The van der Waals surface area contributed by atoms with Gasteiger partial charge >= 0.3 is 6.18 Å². The maximum Gasteiger partial charge on any atom is 0.416 e. The van der Waals surface area contributed by atoms with Gasteiger partial charge in [-0.2, -0.15) is 18.2 Å². The molecular formula is C22H20F4N6O. The van der Waals surface area contributed by atoms with E-state index in [1.807, 2.05) is 23.8 Å². The second-order valence-corrected chi connectivity index (χ2v) is 7.20. The quantitative estimate of drug-likeness (QED) is 0.392. The van der Waals surface area contributed by atoms with Gasteiger partial charge in [0.2, 0.25) is 5.95 Å². The van der Waals surface area contributed by atoms with Crippen LogP contribution < -0.4 is 10.1 Å². The van der Waals surface area contributed by atoms with Gasteiger partial charge in [-0.05, 0) is 50.2 Å². The minimum Gasteiger partial charge on any atom is -0.495 e. The highest BCUT2D eigenvalue weighted by molar-refractivity contribution is 5.65. The van der Waals surface area contributed by atoms with Crippen LogP contribution in [-0.4, -0.2) is 31.4 Å². The van der Waals surface area contributed by atoms with Crippen LogP contribution in [0.25, 0.3) is 17.1 Å². The van der Waals surface area contributed by atoms with E-state index in [4.69, 9.17) is 4.74 Å². The van der Waals surface area contributed by atoms with E-state index in [0.717, 1.165) is 17.4 Å². The Morgan fingerprint density at radius 2 is 1.91 bits per heavy atom. The predicted octanol–water partition coefficient (Wildman–Crippen LogP) is 5.37. The molecule has 0 aliphatic heterocycles. The minimum atomic E-state index is -4.60. The Hall–Kier alpha value is -3.89. The Morgan fingerprint density at radius 3 is 2.55 bits per heavy atom. The summed E-state index contributed by atoms with van der Waals surface area (Å²) in [6, 6.07) is 7.51. The number of hydrogen-bond acceptors (Lipinski definition) is 5. The summed E-state index contributed by atoms with van der Waals surface area (Å²) in [4.78, 5) is 8.59. The maximum absolute atomic E-state index is 14.2. The summed E-state index contributed by atoms with van der Waals surface area (Å²) >= 11 is 0. The minimum absolute atomic E-state index is 0.110. The number of alkyl halides is 3. The normalized spacial score (nSPS) is 11.6. The van der Waals surface area contributed by atoms with E-state index in [1.54, 1.807) is 25.4 Å². The molecule has 0 saturated heterocycles. The molecule has 2 heterocycles. The molecule has 11 heteroatoms. The number of ether oxygens (including phenoxy) is 1. The van der Waals surface area contributed by atoms with E-state index in [2.05, 4.69) is 20.4 Å². The molecule has 0 aliphatic rings. The summed E-state index contributed by atoms with van der Waals surface area (Å²) in [6.45, 7) is 4.02. The van der Waals surface area contributed by atoms with Crippen LogP contribution in [0.3, 0.4) is 0 Å². The molecule has 0 aliphatic carbocycles. The highest BCUT2D eigenvalue weighted by Gasteiger charge is 2.31. The summed E-state index contributed by atoms with van der Waals surface area (Å²) in [5.41, 5.74) is 0.918. The molecule has 2 aromatic heterocycles. The van der Waals surface area contributed by atoms with Crippen molar-refractivity contribution < 1.29 is 22.3 Å². The summed E-state index contributed by atoms with van der Waals surface area (Å²) < 4.78 is 62.1. The van der Waals surface area contributed by atoms with Gasteiger partial charge in [0, 0.05) is 18.3 Å². The Balaban J connectivity index is 1.69. The second-order valence-electron chi connectivity index (χ2n) is 7.20. The number of imidazole rings is 1. The zero-order chi connectivity index (χ0) is 23.8. The number of benzene rings is 2.